The molecule has 1 aromatic carbocycles. The fourth-order valence-corrected chi connectivity index (χ4v) is 2.72. The summed E-state index contributed by atoms with van der Waals surface area (Å²) >= 11 is 6.03. The van der Waals surface area contributed by atoms with Crippen LogP contribution >= 0.6 is 11.6 Å². The van der Waals surface area contributed by atoms with Crippen LogP contribution in [0.3, 0.4) is 0 Å². The average molecular weight is 321 g/mol. The molecule has 1 aromatic heterocycles. The van der Waals surface area contributed by atoms with E-state index in [1.807, 2.05) is 29.2 Å². The highest BCUT2D eigenvalue weighted by Crippen LogP contribution is 2.20. The Balaban J connectivity index is 1.57. The zero-order valence-corrected chi connectivity index (χ0v) is 13.1. The minimum Gasteiger partial charge on any atom is -0.368 e. The second kappa shape index (κ2) is 6.31. The summed E-state index contributed by atoms with van der Waals surface area (Å²) < 4.78 is 1.53. The van der Waals surface area contributed by atoms with E-state index in [1.54, 1.807) is 7.05 Å². The molecule has 1 aliphatic rings. The van der Waals surface area contributed by atoms with Crippen LogP contribution in [0.4, 0.5) is 5.69 Å². The number of anilines is 1. The molecule has 2 heterocycles. The number of hydrogen-bond acceptors (Lipinski definition) is 5. The van der Waals surface area contributed by atoms with E-state index in [9.17, 15) is 4.79 Å². The highest BCUT2D eigenvalue weighted by Gasteiger charge is 2.22. The number of carbonyl (C=O) groups is 1. The number of hydrogen-bond donors (Lipinski definition) is 0. The monoisotopic (exact) mass is 320 g/mol. The number of piperazine rings is 1. The third kappa shape index (κ3) is 3.19. The van der Waals surface area contributed by atoms with Crippen molar-refractivity contribution in [1.82, 2.24) is 25.1 Å². The van der Waals surface area contributed by atoms with Gasteiger partial charge in [-0.1, -0.05) is 17.7 Å². The molecule has 2 aromatic rings. The minimum absolute atomic E-state index is 0.0589. The maximum absolute atomic E-state index is 12.3. The third-order valence-corrected chi connectivity index (χ3v) is 4.06. The normalized spacial score (nSPS) is 15.2. The van der Waals surface area contributed by atoms with Crippen LogP contribution in [0, 0.1) is 0 Å². The van der Waals surface area contributed by atoms with Gasteiger partial charge in [0, 0.05) is 43.9 Å². The van der Waals surface area contributed by atoms with Crippen molar-refractivity contribution in [1.29, 1.82) is 0 Å². The molecule has 22 heavy (non-hydrogen) atoms. The second-order valence-corrected chi connectivity index (χ2v) is 5.68. The van der Waals surface area contributed by atoms with Gasteiger partial charge in [0.25, 0.3) is 0 Å². The van der Waals surface area contributed by atoms with Crippen molar-refractivity contribution in [3.63, 3.8) is 0 Å². The van der Waals surface area contributed by atoms with Crippen LogP contribution in [-0.2, 0) is 18.3 Å². The van der Waals surface area contributed by atoms with Gasteiger partial charge < -0.3 is 9.80 Å². The molecule has 0 unspecified atom stereocenters. The van der Waals surface area contributed by atoms with Gasteiger partial charge in [0.1, 0.15) is 0 Å². The molecule has 1 aliphatic heterocycles. The average Bonchev–Trinajstić information content (AvgIpc) is 2.92. The quantitative estimate of drug-likeness (QED) is 0.835. The maximum Gasteiger partial charge on any atom is 0.230 e. The van der Waals surface area contributed by atoms with E-state index in [2.05, 4.69) is 20.4 Å². The van der Waals surface area contributed by atoms with E-state index in [0.29, 0.717) is 18.9 Å². The molecule has 0 bridgehead atoms. The second-order valence-electron chi connectivity index (χ2n) is 5.24. The Morgan fingerprint density at radius 1 is 1.27 bits per heavy atom. The molecule has 7 nitrogen and oxygen atoms in total. The van der Waals surface area contributed by atoms with Gasteiger partial charge in [-0.3, -0.25) is 4.79 Å². The SMILES string of the molecule is Cn1nnnc1CC(=O)N1CCN(c2cccc(Cl)c2)CC1. The fourth-order valence-electron chi connectivity index (χ4n) is 2.53. The first-order valence-electron chi connectivity index (χ1n) is 7.13. The van der Waals surface area contributed by atoms with Crippen LogP contribution < -0.4 is 4.90 Å². The van der Waals surface area contributed by atoms with Crippen molar-refractivity contribution in [2.24, 2.45) is 7.05 Å². The molecule has 0 aliphatic carbocycles. The van der Waals surface area contributed by atoms with Crippen LogP contribution in [0.25, 0.3) is 0 Å². The van der Waals surface area contributed by atoms with Gasteiger partial charge in [-0.05, 0) is 28.6 Å². The van der Waals surface area contributed by atoms with Crippen LogP contribution in [0.1, 0.15) is 5.82 Å². The summed E-state index contributed by atoms with van der Waals surface area (Å²) in [5, 5.41) is 11.9. The summed E-state index contributed by atoms with van der Waals surface area (Å²) in [5.74, 6) is 0.644. The highest BCUT2D eigenvalue weighted by molar-refractivity contribution is 6.30. The molecule has 0 radical (unpaired) electrons. The van der Waals surface area contributed by atoms with Crippen molar-refractivity contribution < 1.29 is 4.79 Å². The first kappa shape index (κ1) is 14.8. The lowest BCUT2D eigenvalue weighted by Crippen LogP contribution is -2.49. The topological polar surface area (TPSA) is 67.2 Å². The Morgan fingerprint density at radius 2 is 2.05 bits per heavy atom. The van der Waals surface area contributed by atoms with Gasteiger partial charge in [0.05, 0.1) is 6.42 Å². The lowest BCUT2D eigenvalue weighted by Gasteiger charge is -2.36. The standard InChI is InChI=1S/C14H17ClN6O/c1-19-13(16-17-18-19)10-14(22)21-7-5-20(6-8-21)12-4-2-3-11(15)9-12/h2-4,9H,5-8,10H2,1H3. The van der Waals surface area contributed by atoms with Crippen molar-refractivity contribution in [3.8, 4) is 0 Å². The third-order valence-electron chi connectivity index (χ3n) is 3.82. The summed E-state index contributed by atoms with van der Waals surface area (Å²) in [6.45, 7) is 2.97. The van der Waals surface area contributed by atoms with E-state index in [1.165, 1.54) is 4.68 Å². The summed E-state index contributed by atoms with van der Waals surface area (Å²) in [4.78, 5) is 16.4. The number of nitrogens with zero attached hydrogens (tertiary/aromatic N) is 6. The van der Waals surface area contributed by atoms with Gasteiger partial charge in [0.15, 0.2) is 5.82 Å². The first-order valence-corrected chi connectivity index (χ1v) is 7.51. The van der Waals surface area contributed by atoms with Crippen LogP contribution in [-0.4, -0.2) is 57.2 Å². The van der Waals surface area contributed by atoms with Crippen molar-refractivity contribution in [2.45, 2.75) is 6.42 Å². The Morgan fingerprint density at radius 3 is 2.68 bits per heavy atom. The van der Waals surface area contributed by atoms with Gasteiger partial charge in [0.2, 0.25) is 5.91 Å². The Labute approximate surface area is 133 Å². The summed E-state index contributed by atoms with van der Waals surface area (Å²) in [7, 11) is 1.74. The van der Waals surface area contributed by atoms with E-state index in [0.717, 1.165) is 23.8 Å². The maximum atomic E-state index is 12.3. The van der Waals surface area contributed by atoms with Crippen molar-refractivity contribution in [2.75, 3.05) is 31.1 Å². The summed E-state index contributed by atoms with van der Waals surface area (Å²) in [6.07, 6.45) is 0.237. The van der Waals surface area contributed by atoms with Gasteiger partial charge in [-0.2, -0.15) is 0 Å². The molecule has 0 spiro atoms. The first-order chi connectivity index (χ1) is 10.6. The van der Waals surface area contributed by atoms with Crippen molar-refractivity contribution >= 4 is 23.2 Å². The number of benzene rings is 1. The van der Waals surface area contributed by atoms with E-state index < -0.39 is 0 Å². The Bertz CT molecular complexity index is 665. The largest absolute Gasteiger partial charge is 0.368 e. The molecule has 3 rings (SSSR count). The van der Waals surface area contributed by atoms with Gasteiger partial charge in [-0.25, -0.2) is 4.68 Å². The predicted molar refractivity (Wildman–Crippen MR) is 82.7 cm³/mol. The number of carbonyl (C=O) groups excluding carboxylic acids is 1. The number of amides is 1. The molecule has 8 heteroatoms. The lowest BCUT2D eigenvalue weighted by molar-refractivity contribution is -0.130. The van der Waals surface area contributed by atoms with E-state index >= 15 is 0 Å². The van der Waals surface area contributed by atoms with E-state index in [4.69, 9.17) is 11.6 Å². The summed E-state index contributed by atoms with van der Waals surface area (Å²) in [6, 6.07) is 7.79. The zero-order valence-electron chi connectivity index (χ0n) is 12.3. The molecular weight excluding hydrogens is 304 g/mol. The smallest absolute Gasteiger partial charge is 0.230 e. The molecule has 116 valence electrons. The number of aryl methyl sites for hydroxylation is 1. The Kier molecular flexibility index (Phi) is 4.24. The number of rotatable bonds is 3. The van der Waals surface area contributed by atoms with Crippen LogP contribution in [0.15, 0.2) is 24.3 Å². The van der Waals surface area contributed by atoms with E-state index in [-0.39, 0.29) is 12.3 Å². The molecule has 1 saturated heterocycles. The Hall–Kier alpha value is -2.15. The van der Waals surface area contributed by atoms with Gasteiger partial charge >= 0.3 is 0 Å². The lowest BCUT2D eigenvalue weighted by atomic mass is 10.2. The highest BCUT2D eigenvalue weighted by atomic mass is 35.5. The van der Waals surface area contributed by atoms with Crippen LogP contribution in [0.2, 0.25) is 5.02 Å². The number of halogens is 1. The molecular formula is C14H17ClN6O. The predicted octanol–water partition coefficient (Wildman–Crippen LogP) is 0.755. The summed E-state index contributed by atoms with van der Waals surface area (Å²) in [5.41, 5.74) is 1.09. The van der Waals surface area contributed by atoms with Crippen LogP contribution in [0.5, 0.6) is 0 Å². The molecule has 1 amide bonds. The number of tetrazole rings is 1. The molecule has 1 fully saturated rings. The van der Waals surface area contributed by atoms with Crippen molar-refractivity contribution in [3.05, 3.63) is 35.1 Å². The minimum atomic E-state index is 0.0589. The molecule has 0 atom stereocenters. The fraction of sp³-hybridized carbons (Fsp3) is 0.429. The van der Waals surface area contributed by atoms with Gasteiger partial charge in [-0.15, -0.1) is 5.10 Å². The molecule has 0 saturated carbocycles. The zero-order chi connectivity index (χ0) is 15.5. The molecule has 0 N–H and O–H groups in total. The number of aromatic nitrogens is 4.